The van der Waals surface area contributed by atoms with Crippen LogP contribution in [0.15, 0.2) is 47.4 Å². The fourth-order valence-electron chi connectivity index (χ4n) is 3.25. The molecule has 1 N–H and O–H groups in total. The molecule has 0 heterocycles. The third kappa shape index (κ3) is 4.59. The van der Waals surface area contributed by atoms with Gasteiger partial charge in [-0.05, 0) is 61.6 Å². The number of sulfonamides is 1. The zero-order valence-electron chi connectivity index (χ0n) is 16.1. The lowest BCUT2D eigenvalue weighted by atomic mass is 10.1. The zero-order chi connectivity index (χ0) is 20.6. The molecule has 2 saturated carbocycles. The molecule has 0 spiro atoms. The summed E-state index contributed by atoms with van der Waals surface area (Å²) in [4.78, 5) is 14.8. The van der Waals surface area contributed by atoms with Gasteiger partial charge in [-0.3, -0.25) is 4.79 Å². The van der Waals surface area contributed by atoms with E-state index in [2.05, 4.69) is 4.72 Å². The first-order valence-electron chi connectivity index (χ1n) is 9.63. The summed E-state index contributed by atoms with van der Waals surface area (Å²) in [5, 5.41) is 0. The summed E-state index contributed by atoms with van der Waals surface area (Å²) in [6.45, 7) is 0.274. The summed E-state index contributed by atoms with van der Waals surface area (Å²) < 4.78 is 46.8. The minimum atomic E-state index is -3.79. The summed E-state index contributed by atoms with van der Waals surface area (Å²) >= 11 is 0. The maximum atomic E-state index is 13.5. The monoisotopic (exact) mass is 418 g/mol. The lowest BCUT2D eigenvalue weighted by molar-refractivity contribution is 0.0729. The number of nitrogens with zero attached hydrogens (tertiary/aromatic N) is 1. The maximum absolute atomic E-state index is 13.5. The van der Waals surface area contributed by atoms with E-state index in [-0.39, 0.29) is 46.6 Å². The molecule has 0 aromatic heterocycles. The number of ether oxygens (including phenoxy) is 1. The highest BCUT2D eigenvalue weighted by atomic mass is 32.2. The standard InChI is InChI=1S/C21H23FN2O4S/c1-28-19-10-5-15(12-20(19)29(26,27)23-17-6-7-17)21(25)24(18-8-9-18)13-14-3-2-4-16(22)11-14/h2-5,10-12,17-18,23H,6-9,13H2,1H3. The van der Waals surface area contributed by atoms with Gasteiger partial charge in [0.1, 0.15) is 16.5 Å². The predicted molar refractivity (Wildman–Crippen MR) is 106 cm³/mol. The molecule has 1 amide bonds. The number of carbonyl (C=O) groups excluding carboxylic acids is 1. The van der Waals surface area contributed by atoms with Crippen LogP contribution in [-0.4, -0.2) is 38.4 Å². The Morgan fingerprint density at radius 2 is 1.93 bits per heavy atom. The van der Waals surface area contributed by atoms with Crippen LogP contribution in [0.5, 0.6) is 5.75 Å². The van der Waals surface area contributed by atoms with Crippen molar-refractivity contribution in [3.8, 4) is 5.75 Å². The van der Waals surface area contributed by atoms with Gasteiger partial charge in [-0.1, -0.05) is 12.1 Å². The fraction of sp³-hybridized carbons (Fsp3) is 0.381. The van der Waals surface area contributed by atoms with Gasteiger partial charge in [0.05, 0.1) is 7.11 Å². The Morgan fingerprint density at radius 3 is 2.55 bits per heavy atom. The first-order valence-corrected chi connectivity index (χ1v) is 11.1. The van der Waals surface area contributed by atoms with Crippen LogP contribution >= 0.6 is 0 Å². The van der Waals surface area contributed by atoms with Gasteiger partial charge in [0, 0.05) is 24.2 Å². The Kier molecular flexibility index (Phi) is 5.31. The molecule has 0 atom stereocenters. The molecule has 8 heteroatoms. The highest BCUT2D eigenvalue weighted by Gasteiger charge is 2.35. The first-order chi connectivity index (χ1) is 13.9. The number of halogens is 1. The van der Waals surface area contributed by atoms with E-state index < -0.39 is 10.0 Å². The highest BCUT2D eigenvalue weighted by molar-refractivity contribution is 7.89. The molecule has 0 bridgehead atoms. The van der Waals surface area contributed by atoms with E-state index in [4.69, 9.17) is 4.74 Å². The zero-order valence-corrected chi connectivity index (χ0v) is 16.9. The molecule has 0 unspecified atom stereocenters. The predicted octanol–water partition coefficient (Wildman–Crippen LogP) is 3.08. The number of amides is 1. The second-order valence-corrected chi connectivity index (χ2v) is 9.24. The molecule has 0 radical (unpaired) electrons. The minimum absolute atomic E-state index is 0.0424. The lowest BCUT2D eigenvalue weighted by Gasteiger charge is -2.23. The number of benzene rings is 2. The van der Waals surface area contributed by atoms with Crippen molar-refractivity contribution in [3.05, 3.63) is 59.4 Å². The van der Waals surface area contributed by atoms with Crippen LogP contribution in [-0.2, 0) is 16.6 Å². The van der Waals surface area contributed by atoms with Gasteiger partial charge < -0.3 is 9.64 Å². The fourth-order valence-corrected chi connectivity index (χ4v) is 4.75. The Morgan fingerprint density at radius 1 is 1.17 bits per heavy atom. The van der Waals surface area contributed by atoms with Gasteiger partial charge in [-0.15, -0.1) is 0 Å². The van der Waals surface area contributed by atoms with E-state index in [1.165, 1.54) is 31.4 Å². The van der Waals surface area contributed by atoms with Crippen LogP contribution in [0.25, 0.3) is 0 Å². The van der Waals surface area contributed by atoms with Crippen LogP contribution in [0.3, 0.4) is 0 Å². The molecular weight excluding hydrogens is 395 g/mol. The van der Waals surface area contributed by atoms with Gasteiger partial charge in [0.2, 0.25) is 10.0 Å². The van der Waals surface area contributed by atoms with Crippen LogP contribution in [0.1, 0.15) is 41.6 Å². The Labute approximate surface area is 169 Å². The molecule has 2 fully saturated rings. The summed E-state index contributed by atoms with van der Waals surface area (Å²) in [6.07, 6.45) is 3.38. The van der Waals surface area contributed by atoms with Crippen molar-refractivity contribution in [2.24, 2.45) is 0 Å². The highest BCUT2D eigenvalue weighted by Crippen LogP contribution is 2.32. The topological polar surface area (TPSA) is 75.7 Å². The SMILES string of the molecule is COc1ccc(C(=O)N(Cc2cccc(F)c2)C2CC2)cc1S(=O)(=O)NC1CC1. The van der Waals surface area contributed by atoms with E-state index in [1.807, 2.05) is 0 Å². The molecule has 2 aliphatic rings. The van der Waals surface area contributed by atoms with E-state index >= 15 is 0 Å². The number of methoxy groups -OCH3 is 1. The first kappa shape index (κ1) is 19.8. The van der Waals surface area contributed by atoms with E-state index in [0.29, 0.717) is 5.56 Å². The molecule has 2 aliphatic carbocycles. The van der Waals surface area contributed by atoms with Crippen LogP contribution in [0.2, 0.25) is 0 Å². The van der Waals surface area contributed by atoms with Gasteiger partial charge in [-0.25, -0.2) is 17.5 Å². The van der Waals surface area contributed by atoms with Crippen molar-refractivity contribution in [1.29, 1.82) is 0 Å². The second-order valence-electron chi connectivity index (χ2n) is 7.56. The molecule has 6 nitrogen and oxygen atoms in total. The molecule has 2 aromatic rings. The summed E-state index contributed by atoms with van der Waals surface area (Å²) in [5.41, 5.74) is 0.965. The van der Waals surface area contributed by atoms with Gasteiger partial charge >= 0.3 is 0 Å². The summed E-state index contributed by atoms with van der Waals surface area (Å²) in [7, 11) is -2.39. The quantitative estimate of drug-likeness (QED) is 0.715. The van der Waals surface area contributed by atoms with Crippen molar-refractivity contribution in [2.45, 2.75) is 49.2 Å². The number of nitrogens with one attached hydrogen (secondary N) is 1. The normalized spacial score (nSPS) is 16.5. The third-order valence-electron chi connectivity index (χ3n) is 5.09. The van der Waals surface area contributed by atoms with Crippen LogP contribution < -0.4 is 9.46 Å². The largest absolute Gasteiger partial charge is 0.495 e. The van der Waals surface area contributed by atoms with Crippen molar-refractivity contribution in [1.82, 2.24) is 9.62 Å². The smallest absolute Gasteiger partial charge is 0.254 e. The summed E-state index contributed by atoms with van der Waals surface area (Å²) in [6, 6.07) is 10.6. The Hall–Kier alpha value is -2.45. The molecule has 29 heavy (non-hydrogen) atoms. The van der Waals surface area contributed by atoms with Crippen molar-refractivity contribution >= 4 is 15.9 Å². The Bertz CT molecular complexity index is 1030. The van der Waals surface area contributed by atoms with Gasteiger partial charge in [0.25, 0.3) is 5.91 Å². The van der Waals surface area contributed by atoms with Crippen LogP contribution in [0.4, 0.5) is 4.39 Å². The number of rotatable bonds is 8. The number of hydrogen-bond acceptors (Lipinski definition) is 4. The second kappa shape index (κ2) is 7.76. The van der Waals surface area contributed by atoms with Gasteiger partial charge in [0.15, 0.2) is 0 Å². The van der Waals surface area contributed by atoms with E-state index in [1.54, 1.807) is 23.1 Å². The van der Waals surface area contributed by atoms with E-state index in [0.717, 1.165) is 25.7 Å². The van der Waals surface area contributed by atoms with Gasteiger partial charge in [-0.2, -0.15) is 0 Å². The number of hydrogen-bond donors (Lipinski definition) is 1. The maximum Gasteiger partial charge on any atom is 0.254 e. The number of carbonyl (C=O) groups is 1. The average molecular weight is 418 g/mol. The molecule has 4 rings (SSSR count). The van der Waals surface area contributed by atoms with Crippen molar-refractivity contribution in [2.75, 3.05) is 7.11 Å². The summed E-state index contributed by atoms with van der Waals surface area (Å²) in [5.74, 6) is -0.435. The molecule has 0 aliphatic heterocycles. The molecule has 2 aromatic carbocycles. The van der Waals surface area contributed by atoms with Crippen molar-refractivity contribution in [3.63, 3.8) is 0 Å². The van der Waals surface area contributed by atoms with Crippen molar-refractivity contribution < 1.29 is 22.3 Å². The third-order valence-corrected chi connectivity index (χ3v) is 6.63. The van der Waals surface area contributed by atoms with E-state index in [9.17, 15) is 17.6 Å². The Balaban J connectivity index is 1.63. The molecule has 154 valence electrons. The lowest BCUT2D eigenvalue weighted by Crippen LogP contribution is -2.33. The molecular formula is C21H23FN2O4S. The molecule has 0 saturated heterocycles. The minimum Gasteiger partial charge on any atom is -0.495 e. The average Bonchev–Trinajstić information content (AvgIpc) is 3.60. The van der Waals surface area contributed by atoms with Crippen LogP contribution in [0, 0.1) is 5.82 Å².